The van der Waals surface area contributed by atoms with Gasteiger partial charge in [0.05, 0.1) is 0 Å². The zero-order valence-electron chi connectivity index (χ0n) is 8.61. The van der Waals surface area contributed by atoms with E-state index in [0.717, 1.165) is 6.42 Å². The maximum absolute atomic E-state index is 12.9. The monoisotopic (exact) mass is 204 g/mol. The first-order valence-corrected chi connectivity index (χ1v) is 4.97. The van der Waals surface area contributed by atoms with Crippen LogP contribution in [0.5, 0.6) is 5.75 Å². The van der Waals surface area contributed by atoms with Crippen LogP contribution in [0.1, 0.15) is 13.3 Å². The lowest BCUT2D eigenvalue weighted by Crippen LogP contribution is -2.30. The summed E-state index contributed by atoms with van der Waals surface area (Å²) in [6, 6.07) is 6.22. The minimum atomic E-state index is -0.359. The smallest absolute Gasteiger partial charge is 0.128 e. The maximum Gasteiger partial charge on any atom is 0.128 e. The minimum absolute atomic E-state index is 0.272. The highest BCUT2D eigenvalue weighted by molar-refractivity contribution is 5.26. The maximum atomic E-state index is 12.9. The first kappa shape index (κ1) is 9.97. The molecule has 0 radical (unpaired) electrons. The van der Waals surface area contributed by atoms with Gasteiger partial charge in [0.1, 0.15) is 17.2 Å². The Kier molecular flexibility index (Phi) is 2.58. The van der Waals surface area contributed by atoms with Gasteiger partial charge in [-0.15, -0.1) is 0 Å². The zero-order valence-corrected chi connectivity index (χ0v) is 8.61. The van der Waals surface area contributed by atoms with Gasteiger partial charge in [-0.2, -0.15) is 0 Å². The predicted molar refractivity (Wildman–Crippen MR) is 58.3 cm³/mol. The number of ether oxygens (including phenoxy) is 1. The van der Waals surface area contributed by atoms with Crippen LogP contribution >= 0.6 is 0 Å². The number of hydrogen-bond acceptors (Lipinski definition) is 1. The summed E-state index contributed by atoms with van der Waals surface area (Å²) in [5.41, 5.74) is -0.359. The summed E-state index contributed by atoms with van der Waals surface area (Å²) in [7, 11) is 0. The summed E-state index contributed by atoms with van der Waals surface area (Å²) in [6.45, 7) is 1.98. The van der Waals surface area contributed by atoms with Gasteiger partial charge in [-0.1, -0.05) is 24.3 Å². The Morgan fingerprint density at radius 1 is 1.33 bits per heavy atom. The van der Waals surface area contributed by atoms with E-state index in [0.29, 0.717) is 5.75 Å². The molecule has 0 spiro atoms. The quantitative estimate of drug-likeness (QED) is 0.716. The number of hydrogen-bond donors (Lipinski definition) is 0. The molecular formula is C13H13FO. The first-order valence-electron chi connectivity index (χ1n) is 4.97. The number of allylic oxidation sites excluding steroid dienone is 2. The van der Waals surface area contributed by atoms with E-state index in [9.17, 15) is 4.39 Å². The van der Waals surface area contributed by atoms with Gasteiger partial charge in [0.25, 0.3) is 0 Å². The van der Waals surface area contributed by atoms with Crippen molar-refractivity contribution in [3.63, 3.8) is 0 Å². The van der Waals surface area contributed by atoms with Gasteiger partial charge in [-0.3, -0.25) is 0 Å². The molecule has 1 aliphatic rings. The average molecular weight is 204 g/mol. The Bertz CT molecular complexity index is 409. The molecule has 0 amide bonds. The van der Waals surface area contributed by atoms with Crippen molar-refractivity contribution in [3.8, 4) is 5.75 Å². The molecule has 0 saturated heterocycles. The molecule has 0 bridgehead atoms. The lowest BCUT2D eigenvalue weighted by Gasteiger charge is -2.27. The molecule has 0 saturated carbocycles. The molecule has 0 fully saturated rings. The standard InChI is InChI=1S/C13H13FO/c1-13(8-3-2-4-9-13)15-12-7-5-6-11(14)10-12/h2-8,10H,9H2,1H3. The molecule has 0 N–H and O–H groups in total. The average Bonchev–Trinajstić information content (AvgIpc) is 2.18. The Morgan fingerprint density at radius 2 is 2.20 bits per heavy atom. The normalized spacial score (nSPS) is 24.1. The van der Waals surface area contributed by atoms with Crippen LogP contribution in [0.25, 0.3) is 0 Å². The van der Waals surface area contributed by atoms with Crippen molar-refractivity contribution in [3.05, 3.63) is 54.4 Å². The summed E-state index contributed by atoms with van der Waals surface area (Å²) in [5.74, 6) is 0.295. The highest BCUT2D eigenvalue weighted by atomic mass is 19.1. The van der Waals surface area contributed by atoms with Crippen LogP contribution in [-0.2, 0) is 0 Å². The predicted octanol–water partition coefficient (Wildman–Crippen LogP) is 3.48. The van der Waals surface area contributed by atoms with Gasteiger partial charge in [0.2, 0.25) is 0 Å². The summed E-state index contributed by atoms with van der Waals surface area (Å²) in [6.07, 6.45) is 8.76. The van der Waals surface area contributed by atoms with Gasteiger partial charge < -0.3 is 4.74 Å². The Hall–Kier alpha value is -1.57. The summed E-state index contributed by atoms with van der Waals surface area (Å²) in [5, 5.41) is 0. The van der Waals surface area contributed by atoms with Crippen molar-refractivity contribution >= 4 is 0 Å². The Labute approximate surface area is 88.9 Å². The van der Waals surface area contributed by atoms with E-state index in [1.807, 2.05) is 31.2 Å². The lowest BCUT2D eigenvalue weighted by molar-refractivity contribution is 0.142. The molecule has 78 valence electrons. The van der Waals surface area contributed by atoms with E-state index in [-0.39, 0.29) is 11.4 Å². The summed E-state index contributed by atoms with van der Waals surface area (Å²) < 4.78 is 18.7. The highest BCUT2D eigenvalue weighted by Crippen LogP contribution is 2.25. The molecule has 1 unspecified atom stereocenters. The van der Waals surface area contributed by atoms with Crippen LogP contribution in [0.4, 0.5) is 4.39 Å². The highest BCUT2D eigenvalue weighted by Gasteiger charge is 2.22. The van der Waals surface area contributed by atoms with Crippen LogP contribution in [-0.4, -0.2) is 5.60 Å². The molecular weight excluding hydrogens is 191 g/mol. The second kappa shape index (κ2) is 3.89. The minimum Gasteiger partial charge on any atom is -0.483 e. The third kappa shape index (κ3) is 2.46. The van der Waals surface area contributed by atoms with Crippen molar-refractivity contribution in [2.75, 3.05) is 0 Å². The second-order valence-electron chi connectivity index (χ2n) is 3.86. The molecule has 15 heavy (non-hydrogen) atoms. The first-order chi connectivity index (χ1) is 7.18. The van der Waals surface area contributed by atoms with Crippen LogP contribution in [0, 0.1) is 5.82 Å². The van der Waals surface area contributed by atoms with Gasteiger partial charge in [0.15, 0.2) is 0 Å². The summed E-state index contributed by atoms with van der Waals surface area (Å²) >= 11 is 0. The van der Waals surface area contributed by atoms with E-state index in [4.69, 9.17) is 4.74 Å². The lowest BCUT2D eigenvalue weighted by atomic mass is 9.97. The third-order valence-corrected chi connectivity index (χ3v) is 2.37. The topological polar surface area (TPSA) is 9.23 Å². The molecule has 1 nitrogen and oxygen atoms in total. The number of rotatable bonds is 2. The molecule has 1 aliphatic carbocycles. The van der Waals surface area contributed by atoms with E-state index in [1.54, 1.807) is 12.1 Å². The molecule has 1 atom stereocenters. The molecule has 1 aromatic carbocycles. The van der Waals surface area contributed by atoms with E-state index < -0.39 is 0 Å². The molecule has 0 aromatic heterocycles. The van der Waals surface area contributed by atoms with Crippen LogP contribution in [0.15, 0.2) is 48.6 Å². The zero-order chi connectivity index (χ0) is 10.7. The van der Waals surface area contributed by atoms with Crippen molar-refractivity contribution in [2.24, 2.45) is 0 Å². The molecule has 1 aromatic rings. The molecule has 0 heterocycles. The molecule has 2 heteroatoms. The number of halogens is 1. The molecule has 2 rings (SSSR count). The van der Waals surface area contributed by atoms with Crippen molar-refractivity contribution in [1.29, 1.82) is 0 Å². The number of benzene rings is 1. The van der Waals surface area contributed by atoms with E-state index in [1.165, 1.54) is 12.1 Å². The molecule has 0 aliphatic heterocycles. The van der Waals surface area contributed by atoms with Gasteiger partial charge in [-0.05, 0) is 25.1 Å². The Morgan fingerprint density at radius 3 is 2.87 bits per heavy atom. The van der Waals surface area contributed by atoms with E-state index in [2.05, 4.69) is 0 Å². The Balaban J connectivity index is 2.15. The van der Waals surface area contributed by atoms with E-state index >= 15 is 0 Å². The largest absolute Gasteiger partial charge is 0.483 e. The summed E-state index contributed by atoms with van der Waals surface area (Å²) in [4.78, 5) is 0. The van der Waals surface area contributed by atoms with Crippen LogP contribution < -0.4 is 4.74 Å². The van der Waals surface area contributed by atoms with Crippen LogP contribution in [0.2, 0.25) is 0 Å². The fraction of sp³-hybridized carbons (Fsp3) is 0.231. The fourth-order valence-corrected chi connectivity index (χ4v) is 1.58. The van der Waals surface area contributed by atoms with Gasteiger partial charge in [-0.25, -0.2) is 4.39 Å². The van der Waals surface area contributed by atoms with Crippen molar-refractivity contribution in [1.82, 2.24) is 0 Å². The van der Waals surface area contributed by atoms with Gasteiger partial charge >= 0.3 is 0 Å². The second-order valence-corrected chi connectivity index (χ2v) is 3.86. The van der Waals surface area contributed by atoms with Crippen LogP contribution in [0.3, 0.4) is 0 Å². The SMILES string of the molecule is CC1(Oc2cccc(F)c2)C=CC=CC1. The third-order valence-electron chi connectivity index (χ3n) is 2.37. The van der Waals surface area contributed by atoms with Gasteiger partial charge in [0, 0.05) is 12.5 Å². The fourth-order valence-electron chi connectivity index (χ4n) is 1.58. The van der Waals surface area contributed by atoms with Crippen molar-refractivity contribution in [2.45, 2.75) is 18.9 Å². The van der Waals surface area contributed by atoms with Crippen molar-refractivity contribution < 1.29 is 9.13 Å².